The molecule has 1 aliphatic rings. The van der Waals surface area contributed by atoms with Crippen LogP contribution in [0, 0.1) is 0 Å². The minimum atomic E-state index is -0.140. The van der Waals surface area contributed by atoms with Gasteiger partial charge in [-0.05, 0) is 42.3 Å². The quantitative estimate of drug-likeness (QED) is 0.881. The zero-order valence-electron chi connectivity index (χ0n) is 12.9. The van der Waals surface area contributed by atoms with Crippen LogP contribution in [-0.4, -0.2) is 18.4 Å². The molecule has 0 saturated carbocycles. The fourth-order valence-electron chi connectivity index (χ4n) is 2.68. The lowest BCUT2D eigenvalue weighted by molar-refractivity contribution is -0.117. The lowest BCUT2D eigenvalue weighted by Gasteiger charge is -2.15. The molecule has 6 heteroatoms. The van der Waals surface area contributed by atoms with Crippen molar-refractivity contribution in [3.8, 4) is 0 Å². The van der Waals surface area contributed by atoms with Crippen molar-refractivity contribution < 1.29 is 9.59 Å². The van der Waals surface area contributed by atoms with E-state index in [9.17, 15) is 9.59 Å². The molecule has 0 aliphatic carbocycles. The number of hydrogen-bond donors (Lipinski definition) is 1. The maximum absolute atomic E-state index is 12.1. The normalized spacial score (nSPS) is 14.1. The molecule has 1 aliphatic heterocycles. The smallest absolute Gasteiger partial charge is 0.228 e. The Balaban J connectivity index is 1.62. The zero-order valence-corrected chi connectivity index (χ0v) is 14.4. The lowest BCUT2D eigenvalue weighted by atomic mass is 10.1. The van der Waals surface area contributed by atoms with Crippen LogP contribution in [0.5, 0.6) is 0 Å². The number of halogens is 2. The average Bonchev–Trinajstić information content (AvgIpc) is 2.98. The molecule has 1 heterocycles. The number of rotatable bonds is 4. The summed E-state index contributed by atoms with van der Waals surface area (Å²) in [5.41, 5.74) is 2.36. The molecule has 0 aromatic heterocycles. The van der Waals surface area contributed by atoms with Crippen LogP contribution in [-0.2, 0) is 16.0 Å². The second kappa shape index (κ2) is 7.24. The number of nitrogens with one attached hydrogen (secondary N) is 1. The Morgan fingerprint density at radius 1 is 1.08 bits per heavy atom. The van der Waals surface area contributed by atoms with Crippen LogP contribution in [0.2, 0.25) is 10.0 Å². The van der Waals surface area contributed by atoms with Crippen molar-refractivity contribution in [2.45, 2.75) is 19.3 Å². The van der Waals surface area contributed by atoms with E-state index in [0.29, 0.717) is 22.2 Å². The van der Waals surface area contributed by atoms with E-state index < -0.39 is 0 Å². The Morgan fingerprint density at radius 2 is 1.83 bits per heavy atom. The monoisotopic (exact) mass is 362 g/mol. The Kier molecular flexibility index (Phi) is 5.07. The molecule has 124 valence electrons. The van der Waals surface area contributed by atoms with E-state index in [-0.39, 0.29) is 18.2 Å². The van der Waals surface area contributed by atoms with E-state index in [1.807, 2.05) is 24.3 Å². The van der Waals surface area contributed by atoms with Crippen molar-refractivity contribution in [2.75, 3.05) is 16.8 Å². The molecule has 0 spiro atoms. The first kappa shape index (κ1) is 16.8. The Bertz CT molecular complexity index is 775. The Labute approximate surface area is 150 Å². The zero-order chi connectivity index (χ0) is 17.1. The first-order valence-corrected chi connectivity index (χ1v) is 8.43. The average molecular weight is 363 g/mol. The second-order valence-electron chi connectivity index (χ2n) is 5.67. The summed E-state index contributed by atoms with van der Waals surface area (Å²) >= 11 is 11.8. The van der Waals surface area contributed by atoms with Gasteiger partial charge in [-0.15, -0.1) is 0 Å². The minimum Gasteiger partial charge on any atom is -0.326 e. The highest BCUT2D eigenvalue weighted by Gasteiger charge is 2.21. The van der Waals surface area contributed by atoms with Crippen LogP contribution >= 0.6 is 23.2 Å². The van der Waals surface area contributed by atoms with Crippen molar-refractivity contribution in [3.63, 3.8) is 0 Å². The Hall–Kier alpha value is -2.04. The highest BCUT2D eigenvalue weighted by Crippen LogP contribution is 2.25. The fourth-order valence-corrected chi connectivity index (χ4v) is 2.98. The van der Waals surface area contributed by atoms with E-state index in [1.165, 1.54) is 0 Å². The van der Waals surface area contributed by atoms with Gasteiger partial charge in [0.2, 0.25) is 11.8 Å². The SMILES string of the molecule is O=C(Cc1ccc(N2CCCC2=O)cc1)Nc1ccc(Cl)c(Cl)c1. The topological polar surface area (TPSA) is 49.4 Å². The summed E-state index contributed by atoms with van der Waals surface area (Å²) in [6.45, 7) is 0.760. The molecule has 0 radical (unpaired) electrons. The predicted molar refractivity (Wildman–Crippen MR) is 96.8 cm³/mol. The van der Waals surface area contributed by atoms with Crippen molar-refractivity contribution in [1.29, 1.82) is 0 Å². The van der Waals surface area contributed by atoms with Gasteiger partial charge >= 0.3 is 0 Å². The molecule has 2 amide bonds. The van der Waals surface area contributed by atoms with Crippen LogP contribution in [0.1, 0.15) is 18.4 Å². The molecule has 24 heavy (non-hydrogen) atoms. The number of benzene rings is 2. The molecule has 2 aromatic rings. The van der Waals surface area contributed by atoms with Gasteiger partial charge in [-0.1, -0.05) is 35.3 Å². The van der Waals surface area contributed by atoms with Crippen molar-refractivity contribution in [2.24, 2.45) is 0 Å². The van der Waals surface area contributed by atoms with Crippen LogP contribution in [0.25, 0.3) is 0 Å². The van der Waals surface area contributed by atoms with Crippen molar-refractivity contribution >= 4 is 46.4 Å². The van der Waals surface area contributed by atoms with Gasteiger partial charge < -0.3 is 10.2 Å². The number of carbonyl (C=O) groups is 2. The molecule has 0 bridgehead atoms. The number of hydrogen-bond acceptors (Lipinski definition) is 2. The number of nitrogens with zero attached hydrogens (tertiary/aromatic N) is 1. The third-order valence-corrected chi connectivity index (χ3v) is 4.63. The summed E-state index contributed by atoms with van der Waals surface area (Å²) in [6, 6.07) is 12.5. The van der Waals surface area contributed by atoms with E-state index >= 15 is 0 Å². The van der Waals surface area contributed by atoms with Crippen LogP contribution < -0.4 is 10.2 Å². The third kappa shape index (κ3) is 3.89. The molecular weight excluding hydrogens is 347 g/mol. The molecule has 4 nitrogen and oxygen atoms in total. The maximum Gasteiger partial charge on any atom is 0.228 e. The summed E-state index contributed by atoms with van der Waals surface area (Å²) < 4.78 is 0. The molecule has 1 saturated heterocycles. The predicted octanol–water partition coefficient (Wildman–Crippen LogP) is 4.30. The maximum atomic E-state index is 12.1. The van der Waals surface area contributed by atoms with Gasteiger partial charge in [0.15, 0.2) is 0 Å². The molecule has 3 rings (SSSR count). The van der Waals surface area contributed by atoms with E-state index in [4.69, 9.17) is 23.2 Å². The molecule has 1 fully saturated rings. The largest absolute Gasteiger partial charge is 0.326 e. The molecule has 2 aromatic carbocycles. The highest BCUT2D eigenvalue weighted by molar-refractivity contribution is 6.42. The van der Waals surface area contributed by atoms with Gasteiger partial charge in [-0.25, -0.2) is 0 Å². The Morgan fingerprint density at radius 3 is 2.46 bits per heavy atom. The molecular formula is C18H16Cl2N2O2. The number of amides is 2. The van der Waals surface area contributed by atoms with Crippen LogP contribution in [0.3, 0.4) is 0 Å². The van der Waals surface area contributed by atoms with E-state index in [2.05, 4.69) is 5.32 Å². The van der Waals surface area contributed by atoms with Crippen LogP contribution in [0.15, 0.2) is 42.5 Å². The fraction of sp³-hybridized carbons (Fsp3) is 0.222. The molecule has 0 atom stereocenters. The van der Waals surface area contributed by atoms with Gasteiger partial charge in [-0.2, -0.15) is 0 Å². The minimum absolute atomic E-state index is 0.140. The van der Waals surface area contributed by atoms with Gasteiger partial charge in [-0.3, -0.25) is 9.59 Å². The van der Waals surface area contributed by atoms with E-state index in [1.54, 1.807) is 23.1 Å². The summed E-state index contributed by atoms with van der Waals surface area (Å²) in [5, 5.41) is 3.63. The highest BCUT2D eigenvalue weighted by atomic mass is 35.5. The molecule has 1 N–H and O–H groups in total. The first-order valence-electron chi connectivity index (χ1n) is 7.67. The second-order valence-corrected chi connectivity index (χ2v) is 6.48. The summed E-state index contributed by atoms with van der Waals surface area (Å²) in [4.78, 5) is 25.6. The number of carbonyl (C=O) groups excluding carboxylic acids is 2. The lowest BCUT2D eigenvalue weighted by Crippen LogP contribution is -2.23. The van der Waals surface area contributed by atoms with Crippen molar-refractivity contribution in [3.05, 3.63) is 58.1 Å². The summed E-state index contributed by atoms with van der Waals surface area (Å²) in [7, 11) is 0. The molecule has 0 unspecified atom stereocenters. The number of anilines is 2. The third-order valence-electron chi connectivity index (χ3n) is 3.89. The first-order chi connectivity index (χ1) is 11.5. The van der Waals surface area contributed by atoms with Crippen molar-refractivity contribution in [1.82, 2.24) is 0 Å². The van der Waals surface area contributed by atoms with Crippen LogP contribution in [0.4, 0.5) is 11.4 Å². The summed E-state index contributed by atoms with van der Waals surface area (Å²) in [6.07, 6.45) is 1.74. The van der Waals surface area contributed by atoms with Gasteiger partial charge in [0, 0.05) is 24.3 Å². The van der Waals surface area contributed by atoms with Gasteiger partial charge in [0.25, 0.3) is 0 Å². The summed E-state index contributed by atoms with van der Waals surface area (Å²) in [5.74, 6) is 0.0125. The standard InChI is InChI=1S/C18H16Cl2N2O2/c19-15-8-5-13(11-16(15)20)21-17(23)10-12-3-6-14(7-4-12)22-9-1-2-18(22)24/h3-8,11H,1-2,9-10H2,(H,21,23). The van der Waals surface area contributed by atoms with Gasteiger partial charge in [0.1, 0.15) is 0 Å². The van der Waals surface area contributed by atoms with Gasteiger partial charge in [0.05, 0.1) is 16.5 Å². The van der Waals surface area contributed by atoms with E-state index in [0.717, 1.165) is 24.2 Å².